The van der Waals surface area contributed by atoms with Crippen LogP contribution in [0.3, 0.4) is 0 Å². The standard InChI is InChI=1S/C36H72NO9P/c1-3-5-7-9-11-13-15-17-18-20-22-24-26-28-35(38)46-33(31-44-47(41,42)45-32-34(37)36(39)40)30-43-29-27-25-23-21-19-16-14-12-10-8-6-4-2/h33-34H,3-32,37H2,1-2H3,(H,39,40)(H,41,42). The highest BCUT2D eigenvalue weighted by Crippen LogP contribution is 2.43. The number of hydrogen-bond acceptors (Lipinski definition) is 8. The molecule has 0 amide bonds. The van der Waals surface area contributed by atoms with E-state index in [0.29, 0.717) is 6.61 Å². The summed E-state index contributed by atoms with van der Waals surface area (Å²) in [5.41, 5.74) is 5.33. The molecule has 0 aromatic carbocycles. The van der Waals surface area contributed by atoms with Gasteiger partial charge in [0.1, 0.15) is 12.1 Å². The highest BCUT2D eigenvalue weighted by molar-refractivity contribution is 7.47. The van der Waals surface area contributed by atoms with E-state index in [9.17, 15) is 19.0 Å². The Morgan fingerprint density at radius 1 is 0.596 bits per heavy atom. The van der Waals surface area contributed by atoms with Gasteiger partial charge < -0.3 is 25.2 Å². The fourth-order valence-electron chi connectivity index (χ4n) is 5.37. The van der Waals surface area contributed by atoms with Crippen molar-refractivity contribution in [2.24, 2.45) is 5.73 Å². The molecule has 47 heavy (non-hydrogen) atoms. The molecule has 0 aliphatic heterocycles. The normalized spacial score (nSPS) is 14.1. The fraction of sp³-hybridized carbons (Fsp3) is 0.944. The summed E-state index contributed by atoms with van der Waals surface area (Å²) in [7, 11) is -4.60. The molecule has 0 bridgehead atoms. The van der Waals surface area contributed by atoms with Crippen molar-refractivity contribution in [1.29, 1.82) is 0 Å². The number of phosphoric ester groups is 1. The van der Waals surface area contributed by atoms with Gasteiger partial charge in [-0.1, -0.05) is 162 Å². The van der Waals surface area contributed by atoms with E-state index < -0.39 is 45.1 Å². The maximum atomic E-state index is 12.5. The number of carbonyl (C=O) groups excluding carboxylic acids is 1. The van der Waals surface area contributed by atoms with Crippen LogP contribution in [0.15, 0.2) is 0 Å². The van der Waals surface area contributed by atoms with Crippen molar-refractivity contribution in [3.8, 4) is 0 Å². The summed E-state index contributed by atoms with van der Waals surface area (Å²) in [6, 6.07) is -1.47. The summed E-state index contributed by atoms with van der Waals surface area (Å²) < 4.78 is 33.2. The van der Waals surface area contributed by atoms with E-state index in [2.05, 4.69) is 18.4 Å². The lowest BCUT2D eigenvalue weighted by atomic mass is 10.0. The first-order valence-electron chi connectivity index (χ1n) is 19.1. The average molecular weight is 694 g/mol. The Morgan fingerprint density at radius 3 is 1.40 bits per heavy atom. The lowest BCUT2D eigenvalue weighted by Gasteiger charge is -2.20. The second-order valence-corrected chi connectivity index (χ2v) is 14.5. The van der Waals surface area contributed by atoms with Crippen LogP contribution in [0.2, 0.25) is 0 Å². The number of carbonyl (C=O) groups is 2. The molecule has 0 fully saturated rings. The van der Waals surface area contributed by atoms with Crippen molar-refractivity contribution >= 4 is 19.8 Å². The second-order valence-electron chi connectivity index (χ2n) is 13.1. The van der Waals surface area contributed by atoms with Crippen LogP contribution in [-0.4, -0.2) is 60.5 Å². The third-order valence-electron chi connectivity index (χ3n) is 8.39. The zero-order valence-corrected chi connectivity index (χ0v) is 31.0. The largest absolute Gasteiger partial charge is 0.480 e. The molecule has 10 nitrogen and oxygen atoms in total. The molecule has 0 saturated carbocycles. The average Bonchev–Trinajstić information content (AvgIpc) is 3.04. The number of nitrogens with two attached hydrogens (primary N) is 1. The highest BCUT2D eigenvalue weighted by Gasteiger charge is 2.27. The van der Waals surface area contributed by atoms with E-state index in [0.717, 1.165) is 38.5 Å². The van der Waals surface area contributed by atoms with E-state index in [-0.39, 0.29) is 13.0 Å². The molecule has 0 aliphatic carbocycles. The summed E-state index contributed by atoms with van der Waals surface area (Å²) in [5.74, 6) is -1.77. The number of ether oxygens (including phenoxy) is 2. The highest BCUT2D eigenvalue weighted by atomic mass is 31.2. The van der Waals surface area contributed by atoms with Crippen LogP contribution in [-0.2, 0) is 32.7 Å². The van der Waals surface area contributed by atoms with Gasteiger partial charge in [0.15, 0.2) is 0 Å². The predicted molar refractivity (Wildman–Crippen MR) is 189 cm³/mol. The van der Waals surface area contributed by atoms with Gasteiger partial charge in [0.05, 0.1) is 19.8 Å². The smallest absolute Gasteiger partial charge is 0.472 e. The third kappa shape index (κ3) is 33.3. The van der Waals surface area contributed by atoms with Crippen molar-refractivity contribution in [1.82, 2.24) is 0 Å². The molecule has 4 N–H and O–H groups in total. The molecule has 11 heteroatoms. The number of rotatable bonds is 37. The Hall–Kier alpha value is -1.03. The van der Waals surface area contributed by atoms with E-state index in [4.69, 9.17) is 24.8 Å². The Morgan fingerprint density at radius 2 is 0.979 bits per heavy atom. The van der Waals surface area contributed by atoms with Crippen LogP contribution in [0.5, 0.6) is 0 Å². The number of aliphatic carboxylic acids is 1. The monoisotopic (exact) mass is 693 g/mol. The first-order valence-corrected chi connectivity index (χ1v) is 20.6. The van der Waals surface area contributed by atoms with Gasteiger partial charge >= 0.3 is 19.8 Å². The Kier molecular flexibility index (Phi) is 32.7. The van der Waals surface area contributed by atoms with Gasteiger partial charge in [0.25, 0.3) is 0 Å². The van der Waals surface area contributed by atoms with Crippen molar-refractivity contribution in [2.45, 2.75) is 193 Å². The maximum Gasteiger partial charge on any atom is 0.472 e. The lowest BCUT2D eigenvalue weighted by molar-refractivity contribution is -0.154. The summed E-state index contributed by atoms with van der Waals surface area (Å²) in [6.07, 6.45) is 30.0. The van der Waals surface area contributed by atoms with Crippen molar-refractivity contribution in [3.63, 3.8) is 0 Å². The number of unbranched alkanes of at least 4 members (excludes halogenated alkanes) is 23. The van der Waals surface area contributed by atoms with E-state index in [1.54, 1.807) is 0 Å². The second kappa shape index (κ2) is 33.5. The molecule has 3 atom stereocenters. The van der Waals surface area contributed by atoms with E-state index >= 15 is 0 Å². The molecule has 0 radical (unpaired) electrons. The van der Waals surface area contributed by atoms with E-state index in [1.807, 2.05) is 0 Å². The molecular formula is C36H72NO9P. The minimum atomic E-state index is -4.60. The molecular weight excluding hydrogens is 621 g/mol. The van der Waals surface area contributed by atoms with Crippen LogP contribution < -0.4 is 5.73 Å². The van der Waals surface area contributed by atoms with Crippen LogP contribution in [0.1, 0.15) is 181 Å². The van der Waals surface area contributed by atoms with Gasteiger partial charge in [-0.2, -0.15) is 0 Å². The Balaban J connectivity index is 4.28. The first kappa shape index (κ1) is 46.0. The Labute approximate surface area is 287 Å². The molecule has 0 aliphatic rings. The van der Waals surface area contributed by atoms with Gasteiger partial charge in [-0.25, -0.2) is 4.57 Å². The molecule has 0 rings (SSSR count). The summed E-state index contributed by atoms with van der Waals surface area (Å²) in [6.45, 7) is 3.89. The van der Waals surface area contributed by atoms with Crippen LogP contribution in [0.25, 0.3) is 0 Å². The van der Waals surface area contributed by atoms with Crippen LogP contribution in [0, 0.1) is 0 Å². The van der Waals surface area contributed by atoms with Crippen molar-refractivity contribution < 1.29 is 42.7 Å². The first-order chi connectivity index (χ1) is 22.7. The molecule has 0 heterocycles. The number of esters is 1. The summed E-state index contributed by atoms with van der Waals surface area (Å²) in [4.78, 5) is 33.3. The zero-order valence-electron chi connectivity index (χ0n) is 30.1. The molecule has 0 aromatic rings. The molecule has 0 saturated heterocycles. The van der Waals surface area contributed by atoms with Crippen LogP contribution >= 0.6 is 7.82 Å². The molecule has 0 spiro atoms. The number of hydrogen-bond donors (Lipinski definition) is 3. The topological polar surface area (TPSA) is 155 Å². The Bertz CT molecular complexity index is 771. The minimum absolute atomic E-state index is 0.0248. The fourth-order valence-corrected chi connectivity index (χ4v) is 6.15. The minimum Gasteiger partial charge on any atom is -0.480 e. The quantitative estimate of drug-likeness (QED) is 0.0325. The van der Waals surface area contributed by atoms with E-state index in [1.165, 1.54) is 122 Å². The third-order valence-corrected chi connectivity index (χ3v) is 9.34. The van der Waals surface area contributed by atoms with Crippen molar-refractivity contribution in [3.05, 3.63) is 0 Å². The number of carboxylic acids is 1. The van der Waals surface area contributed by atoms with Gasteiger partial charge in [-0.15, -0.1) is 0 Å². The van der Waals surface area contributed by atoms with Gasteiger partial charge in [0.2, 0.25) is 0 Å². The molecule has 280 valence electrons. The number of carboxylic acid groups (broad SMARTS) is 1. The van der Waals surface area contributed by atoms with Crippen LogP contribution in [0.4, 0.5) is 0 Å². The zero-order chi connectivity index (χ0) is 34.9. The van der Waals surface area contributed by atoms with Gasteiger partial charge in [-0.05, 0) is 12.8 Å². The van der Waals surface area contributed by atoms with Gasteiger partial charge in [-0.3, -0.25) is 18.6 Å². The van der Waals surface area contributed by atoms with Gasteiger partial charge in [0, 0.05) is 13.0 Å². The maximum absolute atomic E-state index is 12.5. The van der Waals surface area contributed by atoms with Crippen molar-refractivity contribution in [2.75, 3.05) is 26.4 Å². The summed E-state index contributed by atoms with van der Waals surface area (Å²) >= 11 is 0. The number of phosphoric acid groups is 1. The lowest BCUT2D eigenvalue weighted by Crippen LogP contribution is -2.34. The SMILES string of the molecule is CCCCCCCCCCCCCCCC(=O)OC(COCCCCCCCCCCCCCC)COP(=O)(O)OCC(N)C(=O)O. The predicted octanol–water partition coefficient (Wildman–Crippen LogP) is 9.64. The molecule has 3 unspecified atom stereocenters. The summed E-state index contributed by atoms with van der Waals surface area (Å²) in [5, 5.41) is 8.85. The molecule has 0 aromatic heterocycles.